The second kappa shape index (κ2) is 10.1. The molecule has 0 radical (unpaired) electrons. The highest BCUT2D eigenvalue weighted by atomic mass is 35.5. The van der Waals surface area contributed by atoms with Crippen LogP contribution in [-0.4, -0.2) is 50.0 Å². The Morgan fingerprint density at radius 2 is 2.19 bits per heavy atom. The van der Waals surface area contributed by atoms with Crippen molar-refractivity contribution in [2.45, 2.75) is 38.6 Å². The third-order valence-electron chi connectivity index (χ3n) is 5.77. The van der Waals surface area contributed by atoms with E-state index in [-0.39, 0.29) is 17.9 Å². The normalized spacial score (nSPS) is 18.5. The van der Waals surface area contributed by atoms with E-state index in [0.717, 1.165) is 31.9 Å². The first-order chi connectivity index (χ1) is 15.6. The van der Waals surface area contributed by atoms with Gasteiger partial charge in [-0.2, -0.15) is 0 Å². The van der Waals surface area contributed by atoms with Gasteiger partial charge in [-0.05, 0) is 43.5 Å². The average molecular weight is 458 g/mol. The van der Waals surface area contributed by atoms with Crippen molar-refractivity contribution in [2.75, 3.05) is 13.2 Å². The Morgan fingerprint density at radius 3 is 2.91 bits per heavy atom. The summed E-state index contributed by atoms with van der Waals surface area (Å²) in [6, 6.07) is 8.07. The van der Waals surface area contributed by atoms with Crippen LogP contribution in [0.25, 0.3) is 5.69 Å². The fraction of sp³-hybridized carbons (Fsp3) is 0.391. The fourth-order valence-corrected chi connectivity index (χ4v) is 4.45. The van der Waals surface area contributed by atoms with Gasteiger partial charge in [0.15, 0.2) is 0 Å². The minimum atomic E-state index is -0.402. The molecule has 1 aliphatic rings. The van der Waals surface area contributed by atoms with E-state index in [4.69, 9.17) is 16.3 Å². The molecule has 2 aromatic heterocycles. The molecule has 3 heterocycles. The van der Waals surface area contributed by atoms with Crippen molar-refractivity contribution < 1.29 is 13.9 Å². The first kappa shape index (κ1) is 22.2. The summed E-state index contributed by atoms with van der Waals surface area (Å²) in [4.78, 5) is 19.6. The van der Waals surface area contributed by atoms with Crippen molar-refractivity contribution in [3.8, 4) is 11.6 Å². The van der Waals surface area contributed by atoms with Crippen molar-refractivity contribution in [1.82, 2.24) is 24.9 Å². The Hall–Kier alpha value is -3.00. The Labute approximate surface area is 191 Å². The third-order valence-corrected chi connectivity index (χ3v) is 6.00. The van der Waals surface area contributed by atoms with Crippen LogP contribution in [0, 0.1) is 11.7 Å². The highest BCUT2D eigenvalue weighted by Crippen LogP contribution is 2.31. The third kappa shape index (κ3) is 4.91. The van der Waals surface area contributed by atoms with Gasteiger partial charge in [0.1, 0.15) is 5.82 Å². The molecule has 0 spiro atoms. The van der Waals surface area contributed by atoms with Crippen molar-refractivity contribution in [1.29, 1.82) is 0 Å². The predicted molar refractivity (Wildman–Crippen MR) is 119 cm³/mol. The van der Waals surface area contributed by atoms with Gasteiger partial charge in [0, 0.05) is 29.6 Å². The Kier molecular flexibility index (Phi) is 6.99. The maximum atomic E-state index is 13.7. The van der Waals surface area contributed by atoms with E-state index in [1.54, 1.807) is 35.3 Å². The number of piperidine rings is 1. The van der Waals surface area contributed by atoms with Crippen LogP contribution >= 0.6 is 11.6 Å². The highest BCUT2D eigenvalue weighted by molar-refractivity contribution is 6.31. The van der Waals surface area contributed by atoms with E-state index >= 15 is 0 Å². The molecule has 2 atom stereocenters. The molecule has 1 unspecified atom stereocenters. The molecule has 0 saturated carbocycles. The number of halogens is 2. The molecule has 1 amide bonds. The Balaban J connectivity index is 1.57. The monoisotopic (exact) mass is 457 g/mol. The van der Waals surface area contributed by atoms with E-state index < -0.39 is 5.82 Å². The summed E-state index contributed by atoms with van der Waals surface area (Å²) >= 11 is 6.25. The lowest BCUT2D eigenvalue weighted by molar-refractivity contribution is 0.0377. The molecule has 32 heavy (non-hydrogen) atoms. The molecule has 4 rings (SSSR count). The number of nitrogens with zero attached hydrogens (tertiary/aromatic N) is 5. The molecule has 3 aromatic rings. The molecule has 1 saturated heterocycles. The molecule has 0 N–H and O–H groups in total. The first-order valence-electron chi connectivity index (χ1n) is 10.8. The number of carbonyl (C=O) groups is 1. The minimum absolute atomic E-state index is 0.0178. The van der Waals surface area contributed by atoms with Crippen LogP contribution in [-0.2, 0) is 0 Å². The SMILES string of the molecule is CCCC1[C@@H](COc2ccc(F)cn2)CCCN1C(=O)c1cc(Cl)ccc1-n1ccnn1. The molecule has 9 heteroatoms. The molecular weight excluding hydrogens is 433 g/mol. The quantitative estimate of drug-likeness (QED) is 0.520. The van der Waals surface area contributed by atoms with Gasteiger partial charge in [-0.25, -0.2) is 14.1 Å². The first-order valence-corrected chi connectivity index (χ1v) is 11.2. The highest BCUT2D eigenvalue weighted by Gasteiger charge is 2.35. The van der Waals surface area contributed by atoms with Crippen molar-refractivity contribution in [3.63, 3.8) is 0 Å². The molecule has 1 aliphatic heterocycles. The molecule has 7 nitrogen and oxygen atoms in total. The van der Waals surface area contributed by atoms with Gasteiger partial charge in [-0.3, -0.25) is 4.79 Å². The lowest BCUT2D eigenvalue weighted by Gasteiger charge is -2.41. The standard InChI is InChI=1S/C23H25ClFN5O2/c1-2-4-20-16(15-32-22-9-7-18(25)14-26-22)5-3-11-29(20)23(31)19-13-17(24)6-8-21(19)30-12-10-27-28-30/h6-10,12-14,16,20H,2-5,11,15H2,1H3/t16-,20?/m1/s1. The number of hydrogen-bond acceptors (Lipinski definition) is 5. The van der Waals surface area contributed by atoms with E-state index in [2.05, 4.69) is 22.2 Å². The van der Waals surface area contributed by atoms with E-state index in [0.29, 0.717) is 35.3 Å². The zero-order valence-electron chi connectivity index (χ0n) is 17.8. The van der Waals surface area contributed by atoms with Crippen molar-refractivity contribution >= 4 is 17.5 Å². The maximum absolute atomic E-state index is 13.7. The Morgan fingerprint density at radius 1 is 1.31 bits per heavy atom. The number of ether oxygens (including phenoxy) is 1. The summed E-state index contributed by atoms with van der Waals surface area (Å²) in [5.41, 5.74) is 1.13. The zero-order chi connectivity index (χ0) is 22.5. The van der Waals surface area contributed by atoms with Gasteiger partial charge in [-0.15, -0.1) is 5.10 Å². The van der Waals surface area contributed by atoms with E-state index in [1.165, 1.54) is 12.1 Å². The number of amides is 1. The van der Waals surface area contributed by atoms with Crippen LogP contribution in [0.5, 0.6) is 5.88 Å². The van der Waals surface area contributed by atoms with Gasteiger partial charge in [-0.1, -0.05) is 30.2 Å². The number of aromatic nitrogens is 4. The number of rotatable bonds is 7. The van der Waals surface area contributed by atoms with Crippen LogP contribution in [0.4, 0.5) is 4.39 Å². The van der Waals surface area contributed by atoms with Crippen LogP contribution in [0.3, 0.4) is 0 Å². The summed E-state index contributed by atoms with van der Waals surface area (Å²) in [6.07, 6.45) is 8.02. The molecular formula is C23H25ClFN5O2. The molecule has 0 bridgehead atoms. The zero-order valence-corrected chi connectivity index (χ0v) is 18.6. The summed E-state index contributed by atoms with van der Waals surface area (Å²) in [5.74, 6) is 0.0447. The molecule has 0 aliphatic carbocycles. The molecule has 1 fully saturated rings. The smallest absolute Gasteiger partial charge is 0.256 e. The number of likely N-dealkylation sites (tertiary alicyclic amines) is 1. The topological polar surface area (TPSA) is 73.1 Å². The average Bonchev–Trinajstić information content (AvgIpc) is 3.34. The maximum Gasteiger partial charge on any atom is 0.256 e. The summed E-state index contributed by atoms with van der Waals surface area (Å²) in [6.45, 7) is 3.19. The summed E-state index contributed by atoms with van der Waals surface area (Å²) in [5, 5.41) is 8.39. The second-order valence-electron chi connectivity index (χ2n) is 7.89. The van der Waals surface area contributed by atoms with Gasteiger partial charge in [0.2, 0.25) is 5.88 Å². The second-order valence-corrected chi connectivity index (χ2v) is 8.33. The largest absolute Gasteiger partial charge is 0.477 e. The lowest BCUT2D eigenvalue weighted by atomic mass is 9.86. The van der Waals surface area contributed by atoms with Gasteiger partial charge >= 0.3 is 0 Å². The van der Waals surface area contributed by atoms with Crippen LogP contribution in [0.2, 0.25) is 5.02 Å². The summed E-state index contributed by atoms with van der Waals surface area (Å²) < 4.78 is 20.6. The van der Waals surface area contributed by atoms with E-state index in [9.17, 15) is 9.18 Å². The van der Waals surface area contributed by atoms with Gasteiger partial charge in [0.25, 0.3) is 5.91 Å². The van der Waals surface area contributed by atoms with Gasteiger partial charge < -0.3 is 9.64 Å². The van der Waals surface area contributed by atoms with Crippen LogP contribution in [0.1, 0.15) is 43.0 Å². The number of carbonyl (C=O) groups excluding carboxylic acids is 1. The number of hydrogen-bond donors (Lipinski definition) is 0. The van der Waals surface area contributed by atoms with Crippen LogP contribution < -0.4 is 4.74 Å². The van der Waals surface area contributed by atoms with Crippen molar-refractivity contribution in [3.05, 3.63) is 65.3 Å². The van der Waals surface area contributed by atoms with Crippen molar-refractivity contribution in [2.24, 2.45) is 5.92 Å². The predicted octanol–water partition coefficient (Wildman–Crippen LogP) is 4.55. The van der Waals surface area contributed by atoms with Gasteiger partial charge in [0.05, 0.1) is 36.4 Å². The molecule has 168 valence electrons. The number of pyridine rings is 1. The lowest BCUT2D eigenvalue weighted by Crippen LogP contribution is -2.50. The molecule has 1 aromatic carbocycles. The summed E-state index contributed by atoms with van der Waals surface area (Å²) in [7, 11) is 0. The fourth-order valence-electron chi connectivity index (χ4n) is 4.28. The Bertz CT molecular complexity index is 1050. The number of benzene rings is 1. The van der Waals surface area contributed by atoms with E-state index in [1.807, 2.05) is 4.90 Å². The minimum Gasteiger partial charge on any atom is -0.477 e. The van der Waals surface area contributed by atoms with Crippen LogP contribution in [0.15, 0.2) is 48.9 Å².